The number of aromatic nitrogens is 1. The minimum absolute atomic E-state index is 0.730. The third kappa shape index (κ3) is 1.20. The minimum Gasteiger partial charge on any atom is -0.497 e. The van der Waals surface area contributed by atoms with Gasteiger partial charge in [-0.15, -0.1) is 0 Å². The molecule has 0 aliphatic rings. The summed E-state index contributed by atoms with van der Waals surface area (Å²) >= 11 is 0. The molecule has 0 saturated heterocycles. The van der Waals surface area contributed by atoms with Crippen LogP contribution in [0.3, 0.4) is 0 Å². The smallest absolute Gasteiger partial charge is 0.177 e. The summed E-state index contributed by atoms with van der Waals surface area (Å²) in [4.78, 5) is 0. The second kappa shape index (κ2) is 2.97. The van der Waals surface area contributed by atoms with Gasteiger partial charge in [0.2, 0.25) is 0 Å². The number of fused-ring (bicyclic) bond motifs is 1. The van der Waals surface area contributed by atoms with Crippen LogP contribution in [0.5, 0.6) is 5.75 Å². The van der Waals surface area contributed by atoms with Crippen LogP contribution in [0, 0.1) is 0 Å². The molecule has 68 valence electrons. The second-order valence-electron chi connectivity index (χ2n) is 2.64. The van der Waals surface area contributed by atoms with E-state index in [1.807, 2.05) is 18.2 Å². The lowest BCUT2D eigenvalue weighted by molar-refractivity contribution is 0.415. The van der Waals surface area contributed by atoms with Crippen molar-refractivity contribution in [2.24, 2.45) is 0 Å². The van der Waals surface area contributed by atoms with Crippen LogP contribution in [0.25, 0.3) is 11.0 Å². The molecule has 0 radical (unpaired) electrons. The summed E-state index contributed by atoms with van der Waals surface area (Å²) in [5.74, 6) is 1.53. The molecular formula is C9H10N2O2. The summed E-state index contributed by atoms with van der Waals surface area (Å²) in [5, 5.41) is 7.72. The van der Waals surface area contributed by atoms with E-state index in [2.05, 4.69) is 10.5 Å². The fourth-order valence-electron chi connectivity index (χ4n) is 1.23. The molecule has 1 heterocycles. The standard InChI is InChI=1S/C9H10N2O2/c1-10-9-7-5-6(12-2)3-4-8(7)13-11-9/h3-5H,1-2H3,(H,10,11). The number of hydrogen-bond acceptors (Lipinski definition) is 4. The topological polar surface area (TPSA) is 47.3 Å². The van der Waals surface area contributed by atoms with Crippen molar-refractivity contribution in [2.45, 2.75) is 0 Å². The SMILES string of the molecule is CNc1noc2ccc(OC)cc12. The van der Waals surface area contributed by atoms with Crippen molar-refractivity contribution in [3.8, 4) is 5.75 Å². The summed E-state index contributed by atoms with van der Waals surface area (Å²) < 4.78 is 10.2. The Kier molecular flexibility index (Phi) is 1.81. The van der Waals surface area contributed by atoms with Crippen molar-refractivity contribution in [2.75, 3.05) is 19.5 Å². The van der Waals surface area contributed by atoms with Crippen molar-refractivity contribution in [1.82, 2.24) is 5.16 Å². The quantitative estimate of drug-likeness (QED) is 0.762. The third-order valence-corrected chi connectivity index (χ3v) is 1.91. The van der Waals surface area contributed by atoms with Crippen LogP contribution < -0.4 is 10.1 Å². The molecular weight excluding hydrogens is 168 g/mol. The molecule has 2 rings (SSSR count). The molecule has 0 aliphatic carbocycles. The van der Waals surface area contributed by atoms with Crippen molar-refractivity contribution in [3.63, 3.8) is 0 Å². The summed E-state index contributed by atoms with van der Waals surface area (Å²) in [5.41, 5.74) is 0.755. The van der Waals surface area contributed by atoms with E-state index >= 15 is 0 Å². The van der Waals surface area contributed by atoms with Gasteiger partial charge in [-0.2, -0.15) is 0 Å². The number of anilines is 1. The highest BCUT2D eigenvalue weighted by molar-refractivity contribution is 5.89. The van der Waals surface area contributed by atoms with E-state index in [4.69, 9.17) is 9.26 Å². The maximum Gasteiger partial charge on any atom is 0.177 e. The first kappa shape index (κ1) is 7.91. The second-order valence-corrected chi connectivity index (χ2v) is 2.64. The van der Waals surface area contributed by atoms with Gasteiger partial charge in [0.05, 0.1) is 12.5 Å². The van der Waals surface area contributed by atoms with Crippen LogP contribution in [0.1, 0.15) is 0 Å². The minimum atomic E-state index is 0.730. The van der Waals surface area contributed by atoms with Crippen LogP contribution in [-0.2, 0) is 0 Å². The summed E-state index contributed by atoms with van der Waals surface area (Å²) in [7, 11) is 3.44. The number of nitrogens with one attached hydrogen (secondary N) is 1. The van der Waals surface area contributed by atoms with Crippen LogP contribution in [-0.4, -0.2) is 19.3 Å². The lowest BCUT2D eigenvalue weighted by Gasteiger charge is -1.98. The maximum absolute atomic E-state index is 5.09. The van der Waals surface area contributed by atoms with Gasteiger partial charge in [-0.1, -0.05) is 5.16 Å². The Labute approximate surface area is 75.5 Å². The Morgan fingerprint density at radius 1 is 1.46 bits per heavy atom. The average Bonchev–Trinajstić information content (AvgIpc) is 2.59. The van der Waals surface area contributed by atoms with E-state index in [1.54, 1.807) is 14.2 Å². The van der Waals surface area contributed by atoms with Crippen molar-refractivity contribution in [1.29, 1.82) is 0 Å². The number of nitrogens with zero attached hydrogens (tertiary/aromatic N) is 1. The van der Waals surface area contributed by atoms with E-state index in [-0.39, 0.29) is 0 Å². The predicted molar refractivity (Wildman–Crippen MR) is 50.1 cm³/mol. The Balaban J connectivity index is 2.64. The first-order valence-electron chi connectivity index (χ1n) is 3.96. The highest BCUT2D eigenvalue weighted by Gasteiger charge is 2.06. The molecule has 1 N–H and O–H groups in total. The molecule has 2 aromatic rings. The molecule has 0 saturated carbocycles. The highest BCUT2D eigenvalue weighted by Crippen LogP contribution is 2.26. The van der Waals surface area contributed by atoms with E-state index < -0.39 is 0 Å². The molecule has 0 unspecified atom stereocenters. The summed E-state index contributed by atoms with van der Waals surface area (Å²) in [6, 6.07) is 5.56. The largest absolute Gasteiger partial charge is 0.497 e. The van der Waals surface area contributed by atoms with Crippen LogP contribution >= 0.6 is 0 Å². The summed E-state index contributed by atoms with van der Waals surface area (Å²) in [6.07, 6.45) is 0. The number of benzene rings is 1. The van der Waals surface area contributed by atoms with Gasteiger partial charge in [0, 0.05) is 7.05 Å². The lowest BCUT2D eigenvalue weighted by atomic mass is 10.2. The number of ether oxygens (including phenoxy) is 1. The molecule has 4 heteroatoms. The van der Waals surface area contributed by atoms with Gasteiger partial charge in [0.15, 0.2) is 11.4 Å². The monoisotopic (exact) mass is 178 g/mol. The predicted octanol–water partition coefficient (Wildman–Crippen LogP) is 1.88. The molecule has 1 aromatic carbocycles. The lowest BCUT2D eigenvalue weighted by Crippen LogP contribution is -1.87. The Morgan fingerprint density at radius 3 is 3.00 bits per heavy atom. The zero-order chi connectivity index (χ0) is 9.26. The average molecular weight is 178 g/mol. The van der Waals surface area contributed by atoms with E-state index in [0.29, 0.717) is 0 Å². The van der Waals surface area contributed by atoms with E-state index in [9.17, 15) is 0 Å². The van der Waals surface area contributed by atoms with Crippen molar-refractivity contribution in [3.05, 3.63) is 18.2 Å². The van der Waals surface area contributed by atoms with Crippen molar-refractivity contribution >= 4 is 16.8 Å². The van der Waals surface area contributed by atoms with Gasteiger partial charge in [0.25, 0.3) is 0 Å². The zero-order valence-corrected chi connectivity index (χ0v) is 7.50. The number of rotatable bonds is 2. The Hall–Kier alpha value is -1.71. The molecule has 0 aliphatic heterocycles. The molecule has 0 fully saturated rings. The van der Waals surface area contributed by atoms with Gasteiger partial charge in [-0.05, 0) is 18.2 Å². The normalized spacial score (nSPS) is 10.3. The van der Waals surface area contributed by atoms with Gasteiger partial charge in [-0.25, -0.2) is 0 Å². The Bertz CT molecular complexity index is 422. The Morgan fingerprint density at radius 2 is 2.31 bits per heavy atom. The highest BCUT2D eigenvalue weighted by atomic mass is 16.5. The summed E-state index contributed by atoms with van der Waals surface area (Å²) in [6.45, 7) is 0. The fraction of sp³-hybridized carbons (Fsp3) is 0.222. The molecule has 0 amide bonds. The van der Waals surface area contributed by atoms with E-state index in [0.717, 1.165) is 22.5 Å². The first-order valence-corrected chi connectivity index (χ1v) is 3.96. The van der Waals surface area contributed by atoms with E-state index in [1.165, 1.54) is 0 Å². The molecule has 0 atom stereocenters. The molecule has 13 heavy (non-hydrogen) atoms. The van der Waals surface area contributed by atoms with Gasteiger partial charge in [0.1, 0.15) is 5.75 Å². The van der Waals surface area contributed by atoms with Gasteiger partial charge < -0.3 is 14.6 Å². The number of hydrogen-bond donors (Lipinski definition) is 1. The van der Waals surface area contributed by atoms with Gasteiger partial charge in [-0.3, -0.25) is 0 Å². The molecule has 4 nitrogen and oxygen atoms in total. The first-order chi connectivity index (χ1) is 6.35. The fourth-order valence-corrected chi connectivity index (χ4v) is 1.23. The molecule has 0 bridgehead atoms. The van der Waals surface area contributed by atoms with Crippen LogP contribution in [0.4, 0.5) is 5.82 Å². The van der Waals surface area contributed by atoms with Crippen LogP contribution in [0.15, 0.2) is 22.7 Å². The maximum atomic E-state index is 5.09. The van der Waals surface area contributed by atoms with Gasteiger partial charge >= 0.3 is 0 Å². The third-order valence-electron chi connectivity index (χ3n) is 1.91. The van der Waals surface area contributed by atoms with Crippen LogP contribution in [0.2, 0.25) is 0 Å². The number of methoxy groups -OCH3 is 1. The van der Waals surface area contributed by atoms with Crippen molar-refractivity contribution < 1.29 is 9.26 Å². The zero-order valence-electron chi connectivity index (χ0n) is 7.50. The molecule has 1 aromatic heterocycles. The molecule has 0 spiro atoms.